The Balaban J connectivity index is 0.00000133. The summed E-state index contributed by atoms with van der Waals surface area (Å²) in [7, 11) is 2.03. The van der Waals surface area contributed by atoms with Gasteiger partial charge in [-0.3, -0.25) is 0 Å². The normalized spacial score (nSPS) is 18.3. The monoisotopic (exact) mass is 279 g/mol. The van der Waals surface area contributed by atoms with E-state index in [1.165, 1.54) is 0 Å². The Hall–Kier alpha value is -1.59. The van der Waals surface area contributed by atoms with Gasteiger partial charge in [0, 0.05) is 19.6 Å². The molecule has 1 aromatic heterocycles. The van der Waals surface area contributed by atoms with Crippen molar-refractivity contribution in [1.82, 2.24) is 15.3 Å². The number of fused-ring (bicyclic) bond motifs is 1. The van der Waals surface area contributed by atoms with Crippen LogP contribution in [0.25, 0.3) is 11.0 Å². The number of nitrogen functional groups attached to an aromatic ring is 1. The van der Waals surface area contributed by atoms with Gasteiger partial charge in [0.1, 0.15) is 0 Å². The molecule has 0 radical (unpaired) electrons. The second-order valence-electron chi connectivity index (χ2n) is 4.68. The van der Waals surface area contributed by atoms with Crippen LogP contribution < -0.4 is 16.0 Å². The predicted molar refractivity (Wildman–Crippen MR) is 80.9 cm³/mol. The maximum absolute atomic E-state index is 6.02. The van der Waals surface area contributed by atoms with Crippen LogP contribution in [0.15, 0.2) is 24.3 Å². The van der Waals surface area contributed by atoms with Gasteiger partial charge in [-0.25, -0.2) is 9.97 Å². The van der Waals surface area contributed by atoms with Gasteiger partial charge in [0.05, 0.1) is 11.0 Å². The zero-order chi connectivity index (χ0) is 12.5. The molecule has 1 aliphatic rings. The number of halogens is 1. The quantitative estimate of drug-likeness (QED) is 0.871. The highest BCUT2D eigenvalue weighted by Crippen LogP contribution is 2.24. The van der Waals surface area contributed by atoms with Crippen molar-refractivity contribution in [3.05, 3.63) is 24.3 Å². The van der Waals surface area contributed by atoms with Crippen molar-refractivity contribution in [2.45, 2.75) is 12.5 Å². The summed E-state index contributed by atoms with van der Waals surface area (Å²) >= 11 is 0. The van der Waals surface area contributed by atoms with Gasteiger partial charge in [0.15, 0.2) is 11.6 Å². The van der Waals surface area contributed by atoms with Crippen molar-refractivity contribution in [1.29, 1.82) is 0 Å². The molecule has 2 aromatic rings. The molecule has 3 N–H and O–H groups in total. The first-order valence-electron chi connectivity index (χ1n) is 6.21. The van der Waals surface area contributed by atoms with Crippen molar-refractivity contribution in [3.8, 4) is 0 Å². The van der Waals surface area contributed by atoms with Crippen molar-refractivity contribution >= 4 is 35.1 Å². The molecule has 0 spiro atoms. The van der Waals surface area contributed by atoms with E-state index < -0.39 is 0 Å². The molecule has 6 heteroatoms. The Kier molecular flexibility index (Phi) is 4.07. The van der Waals surface area contributed by atoms with Crippen LogP contribution in [0, 0.1) is 0 Å². The lowest BCUT2D eigenvalue weighted by molar-refractivity contribution is 0.679. The maximum Gasteiger partial charge on any atom is 0.172 e. The van der Waals surface area contributed by atoms with E-state index in [0.717, 1.165) is 36.4 Å². The molecule has 0 aliphatic carbocycles. The number of hydrogen-bond acceptors (Lipinski definition) is 5. The minimum absolute atomic E-state index is 0. The van der Waals surface area contributed by atoms with Crippen molar-refractivity contribution in [2.24, 2.45) is 0 Å². The third-order valence-electron chi connectivity index (χ3n) is 3.49. The summed E-state index contributed by atoms with van der Waals surface area (Å²) in [5.41, 5.74) is 7.75. The average molecular weight is 280 g/mol. The molecule has 102 valence electrons. The number of rotatable bonds is 2. The number of aromatic nitrogens is 2. The SMILES string of the molecule is CN(c1nc2ccccc2nc1N)[C@@H]1CCNC1.Cl. The fraction of sp³-hybridized carbons (Fsp3) is 0.385. The lowest BCUT2D eigenvalue weighted by Crippen LogP contribution is -2.34. The number of nitrogens with zero attached hydrogens (tertiary/aromatic N) is 3. The van der Waals surface area contributed by atoms with E-state index in [2.05, 4.69) is 20.2 Å². The third-order valence-corrected chi connectivity index (χ3v) is 3.49. The first-order valence-corrected chi connectivity index (χ1v) is 6.21. The minimum atomic E-state index is 0. The number of anilines is 2. The molecule has 1 fully saturated rings. The Morgan fingerprint density at radius 2 is 1.95 bits per heavy atom. The Morgan fingerprint density at radius 3 is 2.58 bits per heavy atom. The molecule has 0 saturated carbocycles. The molecule has 0 bridgehead atoms. The molecule has 1 saturated heterocycles. The second-order valence-corrected chi connectivity index (χ2v) is 4.68. The van der Waals surface area contributed by atoms with E-state index in [4.69, 9.17) is 5.73 Å². The predicted octanol–water partition coefficient (Wildman–Crippen LogP) is 1.43. The molecule has 1 aromatic carbocycles. The van der Waals surface area contributed by atoms with Gasteiger partial charge in [-0.15, -0.1) is 12.4 Å². The van der Waals surface area contributed by atoms with Crippen LogP contribution in [-0.4, -0.2) is 36.1 Å². The fourth-order valence-corrected chi connectivity index (χ4v) is 2.41. The molecule has 5 nitrogen and oxygen atoms in total. The lowest BCUT2D eigenvalue weighted by Gasteiger charge is -2.25. The van der Waals surface area contributed by atoms with Gasteiger partial charge in [0.25, 0.3) is 0 Å². The number of nitrogens with one attached hydrogen (secondary N) is 1. The van der Waals surface area contributed by atoms with Crippen LogP contribution in [0.3, 0.4) is 0 Å². The van der Waals surface area contributed by atoms with Gasteiger partial charge in [-0.1, -0.05) is 12.1 Å². The molecule has 2 heterocycles. The number of hydrogen-bond donors (Lipinski definition) is 2. The topological polar surface area (TPSA) is 67.1 Å². The van der Waals surface area contributed by atoms with E-state index in [-0.39, 0.29) is 12.4 Å². The van der Waals surface area contributed by atoms with Crippen LogP contribution in [0.1, 0.15) is 6.42 Å². The number of likely N-dealkylation sites (N-methyl/N-ethyl adjacent to an activating group) is 1. The lowest BCUT2D eigenvalue weighted by atomic mass is 10.2. The average Bonchev–Trinajstić information content (AvgIpc) is 2.91. The van der Waals surface area contributed by atoms with Crippen LogP contribution in [0.5, 0.6) is 0 Å². The van der Waals surface area contributed by atoms with Crippen LogP contribution >= 0.6 is 12.4 Å². The van der Waals surface area contributed by atoms with E-state index >= 15 is 0 Å². The van der Waals surface area contributed by atoms with Crippen LogP contribution in [0.4, 0.5) is 11.6 Å². The summed E-state index contributed by atoms with van der Waals surface area (Å²) in [6.07, 6.45) is 1.12. The Morgan fingerprint density at radius 1 is 1.26 bits per heavy atom. The highest BCUT2D eigenvalue weighted by atomic mass is 35.5. The molecule has 19 heavy (non-hydrogen) atoms. The van der Waals surface area contributed by atoms with Crippen molar-refractivity contribution in [3.63, 3.8) is 0 Å². The molecule has 0 amide bonds. The van der Waals surface area contributed by atoms with E-state index in [1.807, 2.05) is 31.3 Å². The summed E-state index contributed by atoms with van der Waals surface area (Å²) in [5.74, 6) is 1.28. The summed E-state index contributed by atoms with van der Waals surface area (Å²) in [6, 6.07) is 8.25. The van der Waals surface area contributed by atoms with Crippen LogP contribution in [-0.2, 0) is 0 Å². The van der Waals surface area contributed by atoms with Gasteiger partial charge >= 0.3 is 0 Å². The Labute approximate surface area is 118 Å². The zero-order valence-electron chi connectivity index (χ0n) is 10.8. The molecule has 1 atom stereocenters. The van der Waals surface area contributed by atoms with E-state index in [0.29, 0.717) is 11.9 Å². The minimum Gasteiger partial charge on any atom is -0.381 e. The standard InChI is InChI=1S/C13H17N5.ClH/c1-18(9-6-7-15-8-9)13-12(14)16-10-4-2-3-5-11(10)17-13;/h2-5,9,15H,6-8H2,1H3,(H2,14,16);1H/t9-;/m1./s1. The fourth-order valence-electron chi connectivity index (χ4n) is 2.41. The van der Waals surface area contributed by atoms with Crippen LogP contribution in [0.2, 0.25) is 0 Å². The van der Waals surface area contributed by atoms with Gasteiger partial charge in [-0.2, -0.15) is 0 Å². The van der Waals surface area contributed by atoms with Crippen molar-refractivity contribution < 1.29 is 0 Å². The smallest absolute Gasteiger partial charge is 0.172 e. The highest BCUT2D eigenvalue weighted by molar-refractivity contribution is 5.85. The summed E-state index contributed by atoms with van der Waals surface area (Å²) in [4.78, 5) is 11.2. The molecular weight excluding hydrogens is 262 g/mol. The first-order chi connectivity index (χ1) is 8.75. The van der Waals surface area contributed by atoms with Gasteiger partial charge in [0.2, 0.25) is 0 Å². The highest BCUT2D eigenvalue weighted by Gasteiger charge is 2.22. The number of nitrogens with two attached hydrogens (primary N) is 1. The first kappa shape index (κ1) is 13.8. The summed E-state index contributed by atoms with van der Waals surface area (Å²) in [5, 5.41) is 3.35. The third kappa shape index (κ3) is 2.57. The summed E-state index contributed by atoms with van der Waals surface area (Å²) in [6.45, 7) is 2.03. The zero-order valence-corrected chi connectivity index (χ0v) is 11.7. The molecule has 1 aliphatic heterocycles. The van der Waals surface area contributed by atoms with Crippen molar-refractivity contribution in [2.75, 3.05) is 30.8 Å². The maximum atomic E-state index is 6.02. The Bertz CT molecular complexity index is 568. The van der Waals surface area contributed by atoms with Gasteiger partial charge < -0.3 is 16.0 Å². The second kappa shape index (κ2) is 5.59. The molecule has 3 rings (SSSR count). The summed E-state index contributed by atoms with van der Waals surface area (Å²) < 4.78 is 0. The van der Waals surface area contributed by atoms with E-state index in [1.54, 1.807) is 0 Å². The molecular formula is C13H18ClN5. The number of para-hydroxylation sites is 2. The number of benzene rings is 1. The van der Waals surface area contributed by atoms with Gasteiger partial charge in [-0.05, 0) is 25.1 Å². The largest absolute Gasteiger partial charge is 0.381 e. The van der Waals surface area contributed by atoms with E-state index in [9.17, 15) is 0 Å². The molecule has 0 unspecified atom stereocenters.